The Hall–Kier alpha value is -3.77. The van der Waals surface area contributed by atoms with Crippen LogP contribution >= 0.6 is 11.6 Å². The maximum atomic E-state index is 13.7. The highest BCUT2D eigenvalue weighted by Crippen LogP contribution is 2.45. The quantitative estimate of drug-likeness (QED) is 0.275. The summed E-state index contributed by atoms with van der Waals surface area (Å²) >= 11 is 6.04. The molecule has 0 radical (unpaired) electrons. The van der Waals surface area contributed by atoms with Crippen LogP contribution < -0.4 is 14.5 Å². The summed E-state index contributed by atoms with van der Waals surface area (Å²) in [5, 5.41) is 9.80. The summed E-state index contributed by atoms with van der Waals surface area (Å²) in [6, 6.07) is 18.4. The van der Waals surface area contributed by atoms with E-state index < -0.39 is 42.9 Å². The fourth-order valence-corrected chi connectivity index (χ4v) is 5.24. The number of carbonyl (C=O) groups is 2. The topological polar surface area (TPSA) is 70.1 Å². The number of ether oxygens (including phenoxy) is 1. The SMILES string of the molecule is CC(=O)N(c1ccc(Cl)cc1)[C@@H]1C[C@H](C)N(C(=O)c2ccc(OCCC(O)(C(F)(F)F)C(F)(F)F)cc2)c2ccccc21. The molecule has 43 heavy (non-hydrogen) atoms. The van der Waals surface area contributed by atoms with Crippen LogP contribution in [-0.2, 0) is 4.79 Å². The molecular formula is C30H27ClF6N2O4. The van der Waals surface area contributed by atoms with E-state index in [2.05, 4.69) is 0 Å². The zero-order chi connectivity index (χ0) is 31.7. The van der Waals surface area contributed by atoms with Crippen LogP contribution in [0.3, 0.4) is 0 Å². The Morgan fingerprint density at radius 3 is 2.09 bits per heavy atom. The molecule has 1 aliphatic rings. The second kappa shape index (κ2) is 12.1. The highest BCUT2D eigenvalue weighted by Gasteiger charge is 2.70. The van der Waals surface area contributed by atoms with Crippen molar-refractivity contribution < 1.29 is 45.8 Å². The van der Waals surface area contributed by atoms with Gasteiger partial charge in [-0.05, 0) is 73.5 Å². The number of hydrogen-bond donors (Lipinski definition) is 1. The fraction of sp³-hybridized carbons (Fsp3) is 0.333. The van der Waals surface area contributed by atoms with Crippen molar-refractivity contribution in [2.24, 2.45) is 0 Å². The molecule has 0 saturated heterocycles. The molecule has 2 amide bonds. The smallest absolute Gasteiger partial charge is 0.426 e. The Balaban J connectivity index is 1.54. The Labute approximate surface area is 248 Å². The molecule has 230 valence electrons. The molecule has 0 spiro atoms. The Morgan fingerprint density at radius 2 is 1.53 bits per heavy atom. The molecule has 1 N–H and O–H groups in total. The molecular weight excluding hydrogens is 602 g/mol. The van der Waals surface area contributed by atoms with Gasteiger partial charge in [0, 0.05) is 41.3 Å². The third-order valence-electron chi connectivity index (χ3n) is 7.31. The molecule has 1 heterocycles. The molecule has 0 unspecified atom stereocenters. The van der Waals surface area contributed by atoms with E-state index in [1.807, 2.05) is 13.0 Å². The number of halogens is 7. The zero-order valence-electron chi connectivity index (χ0n) is 22.9. The number of hydrogen-bond acceptors (Lipinski definition) is 4. The van der Waals surface area contributed by atoms with Gasteiger partial charge in [-0.25, -0.2) is 0 Å². The lowest BCUT2D eigenvalue weighted by Gasteiger charge is -2.43. The van der Waals surface area contributed by atoms with Crippen LogP contribution in [0, 0.1) is 0 Å². The summed E-state index contributed by atoms with van der Waals surface area (Å²) < 4.78 is 82.4. The van der Waals surface area contributed by atoms with Gasteiger partial charge in [-0.2, -0.15) is 26.3 Å². The predicted octanol–water partition coefficient (Wildman–Crippen LogP) is 7.50. The van der Waals surface area contributed by atoms with E-state index in [0.29, 0.717) is 22.8 Å². The number of rotatable bonds is 7. The van der Waals surface area contributed by atoms with Crippen LogP contribution in [0.4, 0.5) is 37.7 Å². The van der Waals surface area contributed by atoms with Crippen LogP contribution in [0.2, 0.25) is 5.02 Å². The second-order valence-corrected chi connectivity index (χ2v) is 10.6. The number of para-hydroxylation sites is 1. The van der Waals surface area contributed by atoms with Crippen molar-refractivity contribution in [3.05, 3.63) is 88.9 Å². The second-order valence-electron chi connectivity index (χ2n) is 10.2. The predicted molar refractivity (Wildman–Crippen MR) is 148 cm³/mol. The van der Waals surface area contributed by atoms with Gasteiger partial charge in [0.2, 0.25) is 5.91 Å². The average molecular weight is 629 g/mol. The van der Waals surface area contributed by atoms with E-state index in [-0.39, 0.29) is 23.3 Å². The summed E-state index contributed by atoms with van der Waals surface area (Å²) in [6.07, 6.45) is -13.3. The summed E-state index contributed by atoms with van der Waals surface area (Å²) in [6.45, 7) is 2.21. The summed E-state index contributed by atoms with van der Waals surface area (Å²) in [5.41, 5.74) is -2.77. The lowest BCUT2D eigenvalue weighted by molar-refractivity contribution is -0.370. The number of benzene rings is 3. The summed E-state index contributed by atoms with van der Waals surface area (Å²) in [5.74, 6) is -0.696. The fourth-order valence-electron chi connectivity index (χ4n) is 5.11. The molecule has 0 aromatic heterocycles. The first-order valence-electron chi connectivity index (χ1n) is 13.1. The first-order valence-corrected chi connectivity index (χ1v) is 13.5. The van der Waals surface area contributed by atoms with Crippen LogP contribution in [0.5, 0.6) is 5.75 Å². The van der Waals surface area contributed by atoms with Crippen molar-refractivity contribution in [3.63, 3.8) is 0 Å². The van der Waals surface area contributed by atoms with Gasteiger partial charge >= 0.3 is 12.4 Å². The average Bonchev–Trinajstić information content (AvgIpc) is 2.93. The van der Waals surface area contributed by atoms with E-state index in [0.717, 1.165) is 5.56 Å². The minimum absolute atomic E-state index is 0.0875. The van der Waals surface area contributed by atoms with E-state index in [1.165, 1.54) is 31.2 Å². The van der Waals surface area contributed by atoms with Crippen molar-refractivity contribution in [3.8, 4) is 5.75 Å². The number of anilines is 2. The number of alkyl halides is 6. The number of carbonyl (C=O) groups excluding carboxylic acids is 2. The molecule has 3 aromatic rings. The maximum absolute atomic E-state index is 13.7. The molecule has 2 atom stereocenters. The number of aliphatic hydroxyl groups is 1. The monoisotopic (exact) mass is 628 g/mol. The molecule has 3 aromatic carbocycles. The molecule has 13 heteroatoms. The van der Waals surface area contributed by atoms with Gasteiger partial charge < -0.3 is 19.6 Å². The lowest BCUT2D eigenvalue weighted by atomic mass is 9.89. The standard InChI is InChI=1S/C30H27ClF6N2O4/c1-18-17-26(39(19(2)40)22-11-9-21(31)10-12-22)24-5-3-4-6-25(24)38(18)27(41)20-7-13-23(14-8-20)43-16-15-28(42,29(32,33)34)30(35,36)37/h3-14,18,26,42H,15-17H2,1-2H3/t18-,26+/m0/s1. The van der Waals surface area contributed by atoms with Crippen molar-refractivity contribution >= 4 is 34.8 Å². The summed E-state index contributed by atoms with van der Waals surface area (Å²) in [4.78, 5) is 29.7. The normalized spacial score (nSPS) is 17.3. The Morgan fingerprint density at radius 1 is 0.953 bits per heavy atom. The third kappa shape index (κ3) is 6.45. The van der Waals surface area contributed by atoms with Crippen molar-refractivity contribution in [1.82, 2.24) is 0 Å². The molecule has 1 aliphatic heterocycles. The Kier molecular flexibility index (Phi) is 9.03. The number of fused-ring (bicyclic) bond motifs is 1. The lowest BCUT2D eigenvalue weighted by Crippen LogP contribution is -2.57. The number of nitrogens with zero attached hydrogens (tertiary/aromatic N) is 2. The largest absolute Gasteiger partial charge is 0.493 e. The molecule has 0 bridgehead atoms. The molecule has 0 saturated carbocycles. The first-order chi connectivity index (χ1) is 20.0. The van der Waals surface area contributed by atoms with Crippen LogP contribution in [0.25, 0.3) is 0 Å². The highest BCUT2D eigenvalue weighted by molar-refractivity contribution is 6.30. The van der Waals surface area contributed by atoms with Gasteiger partial charge in [0.25, 0.3) is 11.5 Å². The van der Waals surface area contributed by atoms with E-state index >= 15 is 0 Å². The van der Waals surface area contributed by atoms with Gasteiger partial charge in [-0.1, -0.05) is 29.8 Å². The minimum atomic E-state index is -5.94. The molecule has 0 fully saturated rings. The van der Waals surface area contributed by atoms with Crippen molar-refractivity contribution in [2.45, 2.75) is 56.7 Å². The first kappa shape index (κ1) is 32.2. The molecule has 6 nitrogen and oxygen atoms in total. The van der Waals surface area contributed by atoms with Crippen molar-refractivity contribution in [2.75, 3.05) is 16.4 Å². The highest BCUT2D eigenvalue weighted by atomic mass is 35.5. The number of amides is 2. The van der Waals surface area contributed by atoms with E-state index in [4.69, 9.17) is 16.3 Å². The van der Waals surface area contributed by atoms with E-state index in [1.54, 1.807) is 52.3 Å². The van der Waals surface area contributed by atoms with Gasteiger partial charge in [0.05, 0.1) is 12.6 Å². The van der Waals surface area contributed by atoms with Gasteiger partial charge in [0.15, 0.2) is 0 Å². The van der Waals surface area contributed by atoms with Crippen LogP contribution in [0.15, 0.2) is 72.8 Å². The van der Waals surface area contributed by atoms with Gasteiger partial charge in [0.1, 0.15) is 5.75 Å². The van der Waals surface area contributed by atoms with Gasteiger partial charge in [-0.15, -0.1) is 0 Å². The van der Waals surface area contributed by atoms with Crippen molar-refractivity contribution in [1.29, 1.82) is 0 Å². The Bertz CT molecular complexity index is 1450. The maximum Gasteiger partial charge on any atom is 0.426 e. The summed E-state index contributed by atoms with van der Waals surface area (Å²) in [7, 11) is 0. The molecule has 0 aliphatic carbocycles. The molecule has 4 rings (SSSR count). The van der Waals surface area contributed by atoms with Gasteiger partial charge in [-0.3, -0.25) is 9.59 Å². The minimum Gasteiger partial charge on any atom is -0.493 e. The van der Waals surface area contributed by atoms with E-state index in [9.17, 15) is 41.0 Å². The third-order valence-corrected chi connectivity index (χ3v) is 7.56. The van der Waals surface area contributed by atoms with Crippen LogP contribution in [-0.4, -0.2) is 47.5 Å². The zero-order valence-corrected chi connectivity index (χ0v) is 23.7. The van der Waals surface area contributed by atoms with Crippen LogP contribution in [0.1, 0.15) is 48.7 Å².